The van der Waals surface area contributed by atoms with Crippen LogP contribution in [0.15, 0.2) is 0 Å². The zero-order valence-corrected chi connectivity index (χ0v) is 7.86. The van der Waals surface area contributed by atoms with Crippen LogP contribution in [0.25, 0.3) is 0 Å². The molecule has 0 aromatic heterocycles. The van der Waals surface area contributed by atoms with E-state index < -0.39 is 36.9 Å². The third kappa shape index (κ3) is 3.72. The summed E-state index contributed by atoms with van der Waals surface area (Å²) in [6.07, 6.45) is 0. The Morgan fingerprint density at radius 1 is 1.33 bits per heavy atom. The zero-order chi connectivity index (χ0) is 9.99. The van der Waals surface area contributed by atoms with Gasteiger partial charge in [-0.1, -0.05) is 0 Å². The summed E-state index contributed by atoms with van der Waals surface area (Å²) in [5, 5.41) is 0. The van der Waals surface area contributed by atoms with Gasteiger partial charge >= 0.3 is 5.51 Å². The van der Waals surface area contributed by atoms with E-state index in [1.807, 2.05) is 0 Å². The molecular weight excluding hydrogens is 241 g/mol. The first-order valence-electron chi connectivity index (χ1n) is 2.50. The van der Waals surface area contributed by atoms with E-state index in [1.54, 1.807) is 0 Å². The predicted octanol–water partition coefficient (Wildman–Crippen LogP) is 0.824. The Morgan fingerprint density at radius 2 is 1.75 bits per heavy atom. The van der Waals surface area contributed by atoms with Gasteiger partial charge in [0.25, 0.3) is 0 Å². The van der Waals surface area contributed by atoms with Crippen LogP contribution in [-0.2, 0) is 19.9 Å². The van der Waals surface area contributed by atoms with E-state index in [4.69, 9.17) is 10.7 Å². The second-order valence-corrected chi connectivity index (χ2v) is 5.88. The molecule has 0 N–H and O–H groups in total. The van der Waals surface area contributed by atoms with Gasteiger partial charge in [-0.3, -0.25) is 0 Å². The molecule has 0 aliphatic heterocycles. The molecule has 1 atom stereocenters. The van der Waals surface area contributed by atoms with Gasteiger partial charge in [-0.05, 0) is 10.7 Å². The monoisotopic (exact) mass is 244 g/mol. The van der Waals surface area contributed by atoms with Crippen molar-refractivity contribution >= 4 is 30.5 Å². The topological polar surface area (TPSA) is 51.2 Å². The van der Waals surface area contributed by atoms with Gasteiger partial charge in [0.15, 0.2) is 0 Å². The van der Waals surface area contributed by atoms with Crippen LogP contribution in [0.5, 0.6) is 0 Å². The van der Waals surface area contributed by atoms with Crippen LogP contribution in [0, 0.1) is 0 Å². The fourth-order valence-electron chi connectivity index (χ4n) is 0.291. The Bertz CT molecular complexity index is 269. The van der Waals surface area contributed by atoms with Gasteiger partial charge in [0.1, 0.15) is 10.0 Å². The first-order chi connectivity index (χ1) is 5.17. The van der Waals surface area contributed by atoms with Crippen LogP contribution < -0.4 is 0 Å². The molecule has 74 valence electrons. The van der Waals surface area contributed by atoms with E-state index in [9.17, 15) is 25.8 Å². The zero-order valence-electron chi connectivity index (χ0n) is 5.47. The first kappa shape index (κ1) is 12.2. The molecular formula is C3H4ClF3O3S2. The molecule has 0 spiro atoms. The van der Waals surface area contributed by atoms with Crippen molar-refractivity contribution in [1.29, 1.82) is 0 Å². The van der Waals surface area contributed by atoms with E-state index in [2.05, 4.69) is 0 Å². The summed E-state index contributed by atoms with van der Waals surface area (Å²) in [5.74, 6) is -1.96. The Morgan fingerprint density at radius 3 is 2.00 bits per heavy atom. The van der Waals surface area contributed by atoms with Crippen LogP contribution >= 0.6 is 10.7 Å². The average molecular weight is 245 g/mol. The standard InChI is InChI=1S/C3H4ClF3O3S2/c4-11(8)1-2-12(9,10)3(5,6)7/h1-2H2. The molecule has 1 unspecified atom stereocenters. The molecule has 0 heterocycles. The smallest absolute Gasteiger partial charge is 0.243 e. The Labute approximate surface area is 73.8 Å². The maximum Gasteiger partial charge on any atom is 0.497 e. The number of alkyl halides is 3. The van der Waals surface area contributed by atoms with E-state index in [1.165, 1.54) is 0 Å². The summed E-state index contributed by atoms with van der Waals surface area (Å²) in [6.45, 7) is 0. The lowest BCUT2D eigenvalue weighted by atomic mass is 11.0. The first-order valence-corrected chi connectivity index (χ1v) is 6.30. The van der Waals surface area contributed by atoms with Crippen molar-refractivity contribution in [3.05, 3.63) is 0 Å². The van der Waals surface area contributed by atoms with Crippen LogP contribution in [0.2, 0.25) is 0 Å². The molecule has 0 aliphatic carbocycles. The van der Waals surface area contributed by atoms with Crippen LogP contribution in [0.4, 0.5) is 13.2 Å². The van der Waals surface area contributed by atoms with Crippen LogP contribution in [0.1, 0.15) is 0 Å². The lowest BCUT2D eigenvalue weighted by molar-refractivity contribution is -0.0434. The van der Waals surface area contributed by atoms with Gasteiger partial charge in [-0.15, -0.1) is 0 Å². The summed E-state index contributed by atoms with van der Waals surface area (Å²) in [5.41, 5.74) is -5.29. The fourth-order valence-corrected chi connectivity index (χ4v) is 2.49. The Hall–Kier alpha value is 0.180. The molecule has 0 bridgehead atoms. The predicted molar refractivity (Wildman–Crippen MR) is 38.7 cm³/mol. The highest BCUT2D eigenvalue weighted by Gasteiger charge is 2.45. The second kappa shape index (κ2) is 3.93. The molecule has 0 radical (unpaired) electrons. The fraction of sp³-hybridized carbons (Fsp3) is 1.00. The second-order valence-electron chi connectivity index (χ2n) is 1.76. The largest absolute Gasteiger partial charge is 0.497 e. The Balaban J connectivity index is 4.37. The SMILES string of the molecule is O=S(Cl)CCS(=O)(=O)C(F)(F)F. The van der Waals surface area contributed by atoms with Gasteiger partial charge in [0.2, 0.25) is 9.84 Å². The number of halogens is 4. The normalized spacial score (nSPS) is 16.0. The molecule has 0 aromatic carbocycles. The van der Waals surface area contributed by atoms with Crippen molar-refractivity contribution in [1.82, 2.24) is 0 Å². The third-order valence-corrected chi connectivity index (χ3v) is 3.56. The Kier molecular flexibility index (Phi) is 3.98. The number of hydrogen-bond acceptors (Lipinski definition) is 3. The molecule has 0 rings (SSSR count). The maximum atomic E-state index is 11.6. The van der Waals surface area contributed by atoms with Crippen LogP contribution in [0.3, 0.4) is 0 Å². The van der Waals surface area contributed by atoms with Gasteiger partial charge < -0.3 is 0 Å². The van der Waals surface area contributed by atoms with Gasteiger partial charge in [-0.25, -0.2) is 12.6 Å². The molecule has 9 heteroatoms. The van der Waals surface area contributed by atoms with Crippen molar-refractivity contribution in [3.63, 3.8) is 0 Å². The lowest BCUT2D eigenvalue weighted by Crippen LogP contribution is -2.28. The molecule has 12 heavy (non-hydrogen) atoms. The summed E-state index contributed by atoms with van der Waals surface area (Å²) in [7, 11) is -2.45. The van der Waals surface area contributed by atoms with E-state index in [0.717, 1.165) is 0 Å². The van der Waals surface area contributed by atoms with Crippen molar-refractivity contribution in [2.45, 2.75) is 5.51 Å². The lowest BCUT2D eigenvalue weighted by Gasteiger charge is -2.05. The highest BCUT2D eigenvalue weighted by molar-refractivity contribution is 8.08. The number of rotatable bonds is 3. The number of sulfone groups is 1. The summed E-state index contributed by atoms with van der Waals surface area (Å²) >= 11 is 0. The molecule has 0 aliphatic rings. The van der Waals surface area contributed by atoms with Crippen molar-refractivity contribution < 1.29 is 25.8 Å². The van der Waals surface area contributed by atoms with E-state index >= 15 is 0 Å². The highest BCUT2D eigenvalue weighted by atomic mass is 35.7. The maximum absolute atomic E-state index is 11.6. The van der Waals surface area contributed by atoms with Gasteiger partial charge in [0.05, 0.1) is 11.5 Å². The van der Waals surface area contributed by atoms with E-state index in [-0.39, 0.29) is 0 Å². The van der Waals surface area contributed by atoms with Gasteiger partial charge in [0, 0.05) is 0 Å². The minimum absolute atomic E-state index is 0.719. The van der Waals surface area contributed by atoms with Crippen molar-refractivity contribution in [2.75, 3.05) is 11.5 Å². The highest BCUT2D eigenvalue weighted by Crippen LogP contribution is 2.23. The third-order valence-electron chi connectivity index (χ3n) is 0.865. The van der Waals surface area contributed by atoms with Crippen molar-refractivity contribution in [2.24, 2.45) is 0 Å². The summed E-state index contributed by atoms with van der Waals surface area (Å²) < 4.78 is 65.2. The summed E-state index contributed by atoms with van der Waals surface area (Å²) in [4.78, 5) is 0. The molecule has 0 saturated heterocycles. The molecule has 0 aromatic rings. The molecule has 0 fully saturated rings. The minimum atomic E-state index is -5.29. The quantitative estimate of drug-likeness (QED) is 0.691. The average Bonchev–Trinajstić information content (AvgIpc) is 1.81. The van der Waals surface area contributed by atoms with E-state index in [0.29, 0.717) is 0 Å². The van der Waals surface area contributed by atoms with Gasteiger partial charge in [-0.2, -0.15) is 13.2 Å². The molecule has 0 amide bonds. The number of hydrogen-bond donors (Lipinski definition) is 0. The molecule has 3 nitrogen and oxygen atoms in total. The van der Waals surface area contributed by atoms with Crippen molar-refractivity contribution in [3.8, 4) is 0 Å². The summed E-state index contributed by atoms with van der Waals surface area (Å²) in [6, 6.07) is 0. The molecule has 0 saturated carbocycles. The minimum Gasteiger partial charge on any atom is -0.243 e. The van der Waals surface area contributed by atoms with Crippen LogP contribution in [-0.4, -0.2) is 29.6 Å².